The zero-order chi connectivity index (χ0) is 26.7. The fourth-order valence-electron chi connectivity index (χ4n) is 3.91. The Bertz CT molecular complexity index is 1330. The van der Waals surface area contributed by atoms with Crippen molar-refractivity contribution in [2.24, 2.45) is 5.92 Å². The molecule has 2 aromatic rings. The SMILES string of the molecule is COc1ccc(S(=O)(=O)NC(C)C)cc1NC(=O)C1CCCN(S(=O)(=O)Cc2ccc(Cl)c(Cl)c2)C1. The molecule has 1 heterocycles. The number of hydrogen-bond acceptors (Lipinski definition) is 6. The minimum Gasteiger partial charge on any atom is -0.495 e. The fraction of sp³-hybridized carbons (Fsp3) is 0.435. The van der Waals surface area contributed by atoms with Gasteiger partial charge in [-0.05, 0) is 62.6 Å². The number of nitrogens with one attached hydrogen (secondary N) is 2. The second-order valence-electron chi connectivity index (χ2n) is 8.83. The summed E-state index contributed by atoms with van der Waals surface area (Å²) < 4.78 is 60.3. The van der Waals surface area contributed by atoms with Gasteiger partial charge in [0, 0.05) is 19.1 Å². The number of ether oxygens (including phenoxy) is 1. The van der Waals surface area contributed by atoms with E-state index in [0.717, 1.165) is 0 Å². The molecule has 0 aromatic heterocycles. The average molecular weight is 579 g/mol. The molecule has 0 radical (unpaired) electrons. The number of methoxy groups -OCH3 is 1. The second kappa shape index (κ2) is 11.7. The van der Waals surface area contributed by atoms with Crippen LogP contribution in [0.1, 0.15) is 32.3 Å². The van der Waals surface area contributed by atoms with Crippen molar-refractivity contribution in [3.63, 3.8) is 0 Å². The number of sulfonamides is 2. The molecule has 36 heavy (non-hydrogen) atoms. The number of halogens is 2. The molecule has 1 fully saturated rings. The molecule has 3 rings (SSSR count). The minimum atomic E-state index is -3.79. The molecule has 9 nitrogen and oxygen atoms in total. The lowest BCUT2D eigenvalue weighted by atomic mass is 9.98. The van der Waals surface area contributed by atoms with Crippen molar-refractivity contribution in [2.45, 2.75) is 43.4 Å². The molecule has 1 amide bonds. The van der Waals surface area contributed by atoms with Gasteiger partial charge < -0.3 is 10.1 Å². The van der Waals surface area contributed by atoms with E-state index in [1.807, 2.05) is 0 Å². The van der Waals surface area contributed by atoms with E-state index < -0.39 is 31.9 Å². The van der Waals surface area contributed by atoms with Gasteiger partial charge in [-0.1, -0.05) is 29.3 Å². The third-order valence-corrected chi connectivity index (χ3v) is 9.82. The summed E-state index contributed by atoms with van der Waals surface area (Å²) in [5, 5.41) is 3.32. The van der Waals surface area contributed by atoms with Crippen molar-refractivity contribution in [1.29, 1.82) is 0 Å². The standard InChI is InChI=1S/C23H29Cl2N3O6S2/c1-15(2)27-36(32,33)18-7-9-22(34-3)21(12-18)26-23(29)17-5-4-10-28(13-17)35(30,31)14-16-6-8-19(24)20(25)11-16/h6-9,11-12,15,17,27H,4-5,10,13-14H2,1-3H3,(H,26,29). The van der Waals surface area contributed by atoms with Crippen LogP contribution in [0.5, 0.6) is 5.75 Å². The molecule has 0 aliphatic carbocycles. The normalized spacial score (nSPS) is 17.2. The molecule has 0 spiro atoms. The summed E-state index contributed by atoms with van der Waals surface area (Å²) in [4.78, 5) is 13.1. The molecule has 0 bridgehead atoms. The van der Waals surface area contributed by atoms with Crippen LogP contribution in [0.2, 0.25) is 10.0 Å². The fourth-order valence-corrected chi connectivity index (χ4v) is 7.10. The summed E-state index contributed by atoms with van der Waals surface area (Å²) in [6.45, 7) is 3.71. The highest BCUT2D eigenvalue weighted by atomic mass is 35.5. The third kappa shape index (κ3) is 7.11. The molecule has 1 aliphatic rings. The molecule has 1 atom stereocenters. The Morgan fingerprint density at radius 1 is 1.11 bits per heavy atom. The number of carbonyl (C=O) groups excluding carboxylic acids is 1. The lowest BCUT2D eigenvalue weighted by molar-refractivity contribution is -0.120. The summed E-state index contributed by atoms with van der Waals surface area (Å²) in [5.74, 6) is -1.03. The third-order valence-electron chi connectivity index (χ3n) is 5.61. The first-order valence-electron chi connectivity index (χ1n) is 11.3. The first-order valence-corrected chi connectivity index (χ1v) is 15.1. The molecule has 2 N–H and O–H groups in total. The summed E-state index contributed by atoms with van der Waals surface area (Å²) in [5.41, 5.74) is 0.679. The molecule has 1 unspecified atom stereocenters. The molecular formula is C23H29Cl2N3O6S2. The Hall–Kier alpha value is -1.89. The van der Waals surface area contributed by atoms with Crippen molar-refractivity contribution >= 4 is 54.8 Å². The number of amides is 1. The lowest BCUT2D eigenvalue weighted by Crippen LogP contribution is -2.44. The van der Waals surface area contributed by atoms with Crippen molar-refractivity contribution in [2.75, 3.05) is 25.5 Å². The van der Waals surface area contributed by atoms with Crippen LogP contribution in [-0.4, -0.2) is 53.3 Å². The smallest absolute Gasteiger partial charge is 0.240 e. The van der Waals surface area contributed by atoms with E-state index in [1.54, 1.807) is 26.0 Å². The van der Waals surface area contributed by atoms with Gasteiger partial charge in [0.2, 0.25) is 26.0 Å². The Labute approximate surface area is 222 Å². The van der Waals surface area contributed by atoms with Crippen molar-refractivity contribution < 1.29 is 26.4 Å². The topological polar surface area (TPSA) is 122 Å². The average Bonchev–Trinajstić information content (AvgIpc) is 2.80. The van der Waals surface area contributed by atoms with Crippen molar-refractivity contribution in [1.82, 2.24) is 9.03 Å². The van der Waals surface area contributed by atoms with E-state index in [9.17, 15) is 21.6 Å². The Kier molecular flexibility index (Phi) is 9.29. The molecule has 0 saturated carbocycles. The highest BCUT2D eigenvalue weighted by molar-refractivity contribution is 7.89. The molecule has 1 aliphatic heterocycles. The van der Waals surface area contributed by atoms with Gasteiger partial charge >= 0.3 is 0 Å². The highest BCUT2D eigenvalue weighted by Crippen LogP contribution is 2.30. The lowest BCUT2D eigenvalue weighted by Gasteiger charge is -2.31. The summed E-state index contributed by atoms with van der Waals surface area (Å²) >= 11 is 11.9. The monoisotopic (exact) mass is 577 g/mol. The number of hydrogen-bond donors (Lipinski definition) is 2. The summed E-state index contributed by atoms with van der Waals surface area (Å²) in [6, 6.07) is 8.51. The first kappa shape index (κ1) is 28.7. The van der Waals surface area contributed by atoms with Crippen LogP contribution >= 0.6 is 23.2 Å². The van der Waals surface area contributed by atoms with Gasteiger partial charge in [-0.2, -0.15) is 0 Å². The van der Waals surface area contributed by atoms with Gasteiger partial charge in [0.25, 0.3) is 0 Å². The zero-order valence-electron chi connectivity index (χ0n) is 20.1. The largest absolute Gasteiger partial charge is 0.495 e. The number of nitrogens with zero attached hydrogens (tertiary/aromatic N) is 1. The number of anilines is 1. The zero-order valence-corrected chi connectivity index (χ0v) is 23.3. The first-order chi connectivity index (χ1) is 16.8. The van der Waals surface area contributed by atoms with Crippen LogP contribution in [0, 0.1) is 5.92 Å². The molecule has 1 saturated heterocycles. The maximum atomic E-state index is 13.1. The number of carbonyl (C=O) groups is 1. The highest BCUT2D eigenvalue weighted by Gasteiger charge is 2.33. The van der Waals surface area contributed by atoms with Gasteiger partial charge in [-0.25, -0.2) is 25.9 Å². The Morgan fingerprint density at radius 2 is 1.83 bits per heavy atom. The van der Waals surface area contributed by atoms with Crippen LogP contribution < -0.4 is 14.8 Å². The molecule has 2 aromatic carbocycles. The summed E-state index contributed by atoms with van der Waals surface area (Å²) in [7, 11) is -6.10. The van der Waals surface area contributed by atoms with Crippen LogP contribution in [-0.2, 0) is 30.6 Å². The predicted octanol–water partition coefficient (Wildman–Crippen LogP) is 3.87. The number of piperidine rings is 1. The van der Waals surface area contributed by atoms with Crippen molar-refractivity contribution in [3.8, 4) is 5.75 Å². The Morgan fingerprint density at radius 3 is 2.47 bits per heavy atom. The van der Waals surface area contributed by atoms with E-state index in [0.29, 0.717) is 30.0 Å². The van der Waals surface area contributed by atoms with Gasteiger partial charge in [0.05, 0.1) is 39.4 Å². The van der Waals surface area contributed by atoms with Gasteiger partial charge in [0.1, 0.15) is 5.75 Å². The van der Waals surface area contributed by atoms with Gasteiger partial charge in [0.15, 0.2) is 0 Å². The maximum absolute atomic E-state index is 13.1. The van der Waals surface area contributed by atoms with Gasteiger partial charge in [-0.3, -0.25) is 4.79 Å². The molecular weight excluding hydrogens is 549 g/mol. The second-order valence-corrected chi connectivity index (χ2v) is 13.3. The quantitative estimate of drug-likeness (QED) is 0.466. The predicted molar refractivity (Wildman–Crippen MR) is 140 cm³/mol. The van der Waals surface area contributed by atoms with E-state index >= 15 is 0 Å². The Balaban J connectivity index is 1.75. The maximum Gasteiger partial charge on any atom is 0.240 e. The molecule has 198 valence electrons. The van der Waals surface area contributed by atoms with E-state index in [2.05, 4.69) is 10.0 Å². The van der Waals surface area contributed by atoms with E-state index in [-0.39, 0.29) is 39.7 Å². The van der Waals surface area contributed by atoms with E-state index in [1.165, 1.54) is 35.7 Å². The minimum absolute atomic E-state index is 0.00466. The number of benzene rings is 2. The van der Waals surface area contributed by atoms with Crippen LogP contribution in [0.25, 0.3) is 0 Å². The van der Waals surface area contributed by atoms with Crippen molar-refractivity contribution in [3.05, 3.63) is 52.0 Å². The number of rotatable bonds is 9. The van der Waals surface area contributed by atoms with Crippen LogP contribution in [0.4, 0.5) is 5.69 Å². The summed E-state index contributed by atoms with van der Waals surface area (Å²) in [6.07, 6.45) is 0.988. The van der Waals surface area contributed by atoms with E-state index in [4.69, 9.17) is 27.9 Å². The van der Waals surface area contributed by atoms with Crippen LogP contribution in [0.15, 0.2) is 41.3 Å². The van der Waals surface area contributed by atoms with Gasteiger partial charge in [-0.15, -0.1) is 0 Å². The van der Waals surface area contributed by atoms with Crippen LogP contribution in [0.3, 0.4) is 0 Å². The molecule has 13 heteroatoms.